The maximum absolute atomic E-state index is 12.3. The highest BCUT2D eigenvalue weighted by Gasteiger charge is 2.33. The Morgan fingerprint density at radius 1 is 1.31 bits per heavy atom. The summed E-state index contributed by atoms with van der Waals surface area (Å²) in [4.78, 5) is 0.274. The quantitative estimate of drug-likeness (QED) is 0.648. The average molecular weight is 208 g/mol. The zero-order chi connectivity index (χ0) is 10.2. The second-order valence-electron chi connectivity index (χ2n) is 3.27. The molecule has 0 radical (unpaired) electrons. The fourth-order valence-electron chi connectivity index (χ4n) is 1.21. The van der Waals surface area contributed by atoms with Gasteiger partial charge in [-0.3, -0.25) is 0 Å². The molecular formula is C9H11F3S. The zero-order valence-electron chi connectivity index (χ0n) is 7.70. The Morgan fingerprint density at radius 3 is 2.08 bits per heavy atom. The van der Waals surface area contributed by atoms with Gasteiger partial charge in [0.25, 0.3) is 0 Å². The summed E-state index contributed by atoms with van der Waals surface area (Å²) in [6, 6.07) is 1.25. The van der Waals surface area contributed by atoms with Crippen LogP contribution in [0.2, 0.25) is 0 Å². The first-order chi connectivity index (χ1) is 5.82. The molecule has 0 saturated carbocycles. The van der Waals surface area contributed by atoms with Crippen LogP contribution < -0.4 is 0 Å². The van der Waals surface area contributed by atoms with Crippen LogP contribution in [-0.2, 0) is 6.18 Å². The lowest BCUT2D eigenvalue weighted by Crippen LogP contribution is -2.00. The highest BCUT2D eigenvalue weighted by molar-refractivity contribution is 7.12. The predicted octanol–water partition coefficient (Wildman–Crippen LogP) is 4.20. The molecule has 0 atom stereocenters. The van der Waals surface area contributed by atoms with E-state index in [1.807, 2.05) is 13.8 Å². The largest absolute Gasteiger partial charge is 0.425 e. The summed E-state index contributed by atoms with van der Waals surface area (Å²) in [5.74, 6) is 0.160. The maximum Gasteiger partial charge on any atom is 0.425 e. The molecule has 0 fully saturated rings. The van der Waals surface area contributed by atoms with E-state index in [0.29, 0.717) is 0 Å². The van der Waals surface area contributed by atoms with E-state index in [9.17, 15) is 13.2 Å². The molecule has 0 amide bonds. The van der Waals surface area contributed by atoms with Gasteiger partial charge in [-0.15, -0.1) is 11.3 Å². The molecular weight excluding hydrogens is 197 g/mol. The molecule has 0 aliphatic heterocycles. The van der Waals surface area contributed by atoms with Crippen molar-refractivity contribution < 1.29 is 13.2 Å². The van der Waals surface area contributed by atoms with Crippen molar-refractivity contribution in [2.45, 2.75) is 32.9 Å². The van der Waals surface area contributed by atoms with Crippen molar-refractivity contribution in [1.29, 1.82) is 0 Å². The van der Waals surface area contributed by atoms with Gasteiger partial charge >= 0.3 is 6.18 Å². The normalized spacial score (nSPS) is 12.5. The number of alkyl halides is 3. The summed E-state index contributed by atoms with van der Waals surface area (Å²) in [5.41, 5.74) is 0.803. The van der Waals surface area contributed by atoms with Gasteiger partial charge in [-0.2, -0.15) is 13.2 Å². The van der Waals surface area contributed by atoms with E-state index in [0.717, 1.165) is 21.8 Å². The Bertz CT molecular complexity index is 296. The van der Waals surface area contributed by atoms with Gasteiger partial charge in [-0.05, 0) is 24.5 Å². The molecule has 0 N–H and O–H groups in total. The molecule has 1 aromatic heterocycles. The maximum atomic E-state index is 12.3. The Morgan fingerprint density at radius 2 is 1.85 bits per heavy atom. The number of aryl methyl sites for hydroxylation is 1. The second kappa shape index (κ2) is 3.33. The van der Waals surface area contributed by atoms with Crippen LogP contribution in [0.25, 0.3) is 0 Å². The van der Waals surface area contributed by atoms with E-state index >= 15 is 0 Å². The minimum atomic E-state index is -4.19. The number of hydrogen-bond donors (Lipinski definition) is 0. The van der Waals surface area contributed by atoms with Crippen LogP contribution in [-0.4, -0.2) is 0 Å². The monoisotopic (exact) mass is 208 g/mol. The van der Waals surface area contributed by atoms with Crippen molar-refractivity contribution in [3.8, 4) is 0 Å². The van der Waals surface area contributed by atoms with Crippen LogP contribution in [0, 0.1) is 6.92 Å². The molecule has 0 aliphatic carbocycles. The fraction of sp³-hybridized carbons (Fsp3) is 0.556. The van der Waals surface area contributed by atoms with Crippen molar-refractivity contribution in [3.63, 3.8) is 0 Å². The Hall–Kier alpha value is -0.510. The topological polar surface area (TPSA) is 0 Å². The average Bonchev–Trinajstić information content (AvgIpc) is 2.29. The third-order valence-corrected chi connectivity index (χ3v) is 2.97. The third kappa shape index (κ3) is 2.24. The van der Waals surface area contributed by atoms with Gasteiger partial charge in [0.2, 0.25) is 0 Å². The summed E-state index contributed by atoms with van der Waals surface area (Å²) in [6.07, 6.45) is -4.19. The van der Waals surface area contributed by atoms with E-state index in [4.69, 9.17) is 0 Å². The molecule has 0 nitrogen and oxygen atoms in total. The lowest BCUT2D eigenvalue weighted by atomic mass is 10.0. The van der Waals surface area contributed by atoms with Crippen molar-refractivity contribution in [3.05, 3.63) is 21.4 Å². The molecule has 0 unspecified atom stereocenters. The molecule has 0 bridgehead atoms. The van der Waals surface area contributed by atoms with Crippen molar-refractivity contribution in [2.75, 3.05) is 0 Å². The number of thiophene rings is 1. The molecule has 74 valence electrons. The first kappa shape index (κ1) is 10.6. The van der Waals surface area contributed by atoms with Crippen LogP contribution in [0.4, 0.5) is 13.2 Å². The number of rotatable bonds is 1. The first-order valence-electron chi connectivity index (χ1n) is 4.00. The van der Waals surface area contributed by atoms with Crippen LogP contribution in [0.5, 0.6) is 0 Å². The Balaban J connectivity index is 3.10. The van der Waals surface area contributed by atoms with Gasteiger partial charge in [-0.1, -0.05) is 13.8 Å². The van der Waals surface area contributed by atoms with Crippen molar-refractivity contribution in [2.24, 2.45) is 0 Å². The summed E-state index contributed by atoms with van der Waals surface area (Å²) in [7, 11) is 0. The smallest absolute Gasteiger partial charge is 0.165 e. The summed E-state index contributed by atoms with van der Waals surface area (Å²) in [5, 5.41) is 0. The molecule has 0 saturated heterocycles. The lowest BCUT2D eigenvalue weighted by molar-refractivity contribution is -0.134. The molecule has 0 aromatic carbocycles. The van der Waals surface area contributed by atoms with E-state index < -0.39 is 11.1 Å². The molecule has 0 aliphatic rings. The molecule has 0 spiro atoms. The van der Waals surface area contributed by atoms with Gasteiger partial charge in [0.05, 0.1) is 0 Å². The number of hydrogen-bond acceptors (Lipinski definition) is 1. The van der Waals surface area contributed by atoms with Crippen LogP contribution in [0.1, 0.15) is 35.1 Å². The second-order valence-corrected chi connectivity index (χ2v) is 4.53. The molecule has 1 heterocycles. The van der Waals surface area contributed by atoms with Gasteiger partial charge < -0.3 is 0 Å². The summed E-state index contributed by atoms with van der Waals surface area (Å²) in [6.45, 7) is 5.53. The minimum absolute atomic E-state index is 0.160. The minimum Gasteiger partial charge on any atom is -0.165 e. The molecule has 4 heteroatoms. The third-order valence-electron chi connectivity index (χ3n) is 1.86. The van der Waals surface area contributed by atoms with Crippen molar-refractivity contribution >= 4 is 11.3 Å². The van der Waals surface area contributed by atoms with E-state index in [1.165, 1.54) is 6.07 Å². The van der Waals surface area contributed by atoms with Gasteiger partial charge in [-0.25, -0.2) is 0 Å². The van der Waals surface area contributed by atoms with Crippen molar-refractivity contribution in [1.82, 2.24) is 0 Å². The highest BCUT2D eigenvalue weighted by Crippen LogP contribution is 2.38. The lowest BCUT2D eigenvalue weighted by Gasteiger charge is -2.02. The standard InChI is InChI=1S/C9H11F3S/c1-5(2)7-4-8(9(10,11)12)13-6(7)3/h4-5H,1-3H3. The van der Waals surface area contributed by atoms with Crippen LogP contribution >= 0.6 is 11.3 Å². The molecule has 1 rings (SSSR count). The highest BCUT2D eigenvalue weighted by atomic mass is 32.1. The van der Waals surface area contributed by atoms with Crippen LogP contribution in [0.15, 0.2) is 6.07 Å². The first-order valence-corrected chi connectivity index (χ1v) is 4.81. The molecule has 13 heavy (non-hydrogen) atoms. The van der Waals surface area contributed by atoms with Gasteiger partial charge in [0, 0.05) is 4.88 Å². The summed E-state index contributed by atoms with van der Waals surface area (Å²) >= 11 is 0.825. The molecule has 1 aromatic rings. The Kier molecular flexibility index (Phi) is 2.71. The van der Waals surface area contributed by atoms with E-state index in [2.05, 4.69) is 0 Å². The zero-order valence-corrected chi connectivity index (χ0v) is 8.51. The number of halogens is 3. The predicted molar refractivity (Wildman–Crippen MR) is 48.1 cm³/mol. The fourth-order valence-corrected chi connectivity index (χ4v) is 2.25. The Labute approximate surface area is 79.4 Å². The van der Waals surface area contributed by atoms with Gasteiger partial charge in [0.1, 0.15) is 4.88 Å². The van der Waals surface area contributed by atoms with E-state index in [1.54, 1.807) is 6.92 Å². The summed E-state index contributed by atoms with van der Waals surface area (Å²) < 4.78 is 36.8. The van der Waals surface area contributed by atoms with E-state index in [-0.39, 0.29) is 5.92 Å². The van der Waals surface area contributed by atoms with Gasteiger partial charge in [0.15, 0.2) is 0 Å². The van der Waals surface area contributed by atoms with Crippen LogP contribution in [0.3, 0.4) is 0 Å². The SMILES string of the molecule is Cc1sc(C(F)(F)F)cc1C(C)C.